The fourth-order valence-corrected chi connectivity index (χ4v) is 5.99. The van der Waals surface area contributed by atoms with E-state index in [4.69, 9.17) is 0 Å². The van der Waals surface area contributed by atoms with Gasteiger partial charge < -0.3 is 15.7 Å². The summed E-state index contributed by atoms with van der Waals surface area (Å²) in [5, 5.41) is 16.7. The lowest BCUT2D eigenvalue weighted by Gasteiger charge is -2.29. The summed E-state index contributed by atoms with van der Waals surface area (Å²) in [6.45, 7) is 8.22. The average Bonchev–Trinajstić information content (AvgIpc) is 2.71. The molecule has 1 saturated heterocycles. The average molecular weight is 475 g/mol. The number of unbranched alkanes of at least 4 members (excludes halogenated alkanes) is 1. The Bertz CT molecular complexity index is 667. The van der Waals surface area contributed by atoms with E-state index in [0.29, 0.717) is 25.3 Å². The van der Waals surface area contributed by atoms with Crippen molar-refractivity contribution >= 4 is 21.7 Å². The molecule has 8 heteroatoms. The van der Waals surface area contributed by atoms with E-state index in [9.17, 15) is 23.1 Å². The van der Waals surface area contributed by atoms with Gasteiger partial charge in [-0.25, -0.2) is 8.42 Å². The maximum Gasteiger partial charge on any atom is 0.224 e. The second kappa shape index (κ2) is 14.9. The van der Waals surface area contributed by atoms with Gasteiger partial charge in [-0.15, -0.1) is 0 Å². The van der Waals surface area contributed by atoms with Crippen LogP contribution in [0, 0.1) is 17.8 Å². The summed E-state index contributed by atoms with van der Waals surface area (Å²) >= 11 is 0. The predicted molar refractivity (Wildman–Crippen MR) is 129 cm³/mol. The number of aliphatic hydroxyl groups is 1. The first-order valence-electron chi connectivity index (χ1n) is 12.5. The third kappa shape index (κ3) is 11.6. The van der Waals surface area contributed by atoms with Crippen molar-refractivity contribution in [2.24, 2.45) is 17.8 Å². The zero-order chi connectivity index (χ0) is 24.1. The summed E-state index contributed by atoms with van der Waals surface area (Å²) in [7, 11) is -3.29. The van der Waals surface area contributed by atoms with Crippen LogP contribution in [0.15, 0.2) is 0 Å². The molecule has 1 rings (SSSR count). The van der Waals surface area contributed by atoms with E-state index in [2.05, 4.69) is 24.5 Å². The maximum absolute atomic E-state index is 12.8. The molecule has 0 aromatic rings. The van der Waals surface area contributed by atoms with Crippen molar-refractivity contribution in [3.63, 3.8) is 0 Å². The molecule has 0 radical (unpaired) electrons. The number of nitrogens with one attached hydrogen (secondary N) is 2. The highest BCUT2D eigenvalue weighted by molar-refractivity contribution is 7.91. The third-order valence-electron chi connectivity index (χ3n) is 6.42. The smallest absolute Gasteiger partial charge is 0.224 e. The lowest BCUT2D eigenvalue weighted by molar-refractivity contribution is -0.126. The minimum absolute atomic E-state index is 0.0894. The normalized spacial score (nSPS) is 27.9. The predicted octanol–water partition coefficient (Wildman–Crippen LogP) is 3.21. The summed E-state index contributed by atoms with van der Waals surface area (Å²) in [4.78, 5) is 25.1. The summed E-state index contributed by atoms with van der Waals surface area (Å²) in [6, 6.07) is -0.501. The molecule has 4 unspecified atom stereocenters. The lowest BCUT2D eigenvalue weighted by atomic mass is 9.89. The van der Waals surface area contributed by atoms with Crippen LogP contribution in [0.25, 0.3) is 0 Å². The topological polar surface area (TPSA) is 113 Å². The quantitative estimate of drug-likeness (QED) is 0.491. The second-order valence-corrected chi connectivity index (χ2v) is 12.1. The van der Waals surface area contributed by atoms with E-state index in [1.807, 2.05) is 0 Å². The molecule has 1 heterocycles. The molecule has 0 aromatic heterocycles. The zero-order valence-corrected chi connectivity index (χ0v) is 21.4. The summed E-state index contributed by atoms with van der Waals surface area (Å²) in [5.41, 5.74) is 0. The summed E-state index contributed by atoms with van der Waals surface area (Å²) in [5.74, 6) is -1.22. The minimum atomic E-state index is -3.29. The molecule has 0 bridgehead atoms. The first kappa shape index (κ1) is 28.9. The Kier molecular flexibility index (Phi) is 13.4. The summed E-state index contributed by atoms with van der Waals surface area (Å²) < 4.78 is 24.8. The van der Waals surface area contributed by atoms with E-state index < -0.39 is 27.9 Å². The number of sulfone groups is 1. The van der Waals surface area contributed by atoms with Gasteiger partial charge in [0.2, 0.25) is 11.8 Å². The van der Waals surface area contributed by atoms with Crippen molar-refractivity contribution in [1.29, 1.82) is 0 Å². The molecule has 0 spiro atoms. The van der Waals surface area contributed by atoms with Gasteiger partial charge in [-0.2, -0.15) is 0 Å². The van der Waals surface area contributed by atoms with Gasteiger partial charge in [-0.05, 0) is 31.6 Å². The van der Waals surface area contributed by atoms with Crippen LogP contribution in [-0.2, 0) is 19.4 Å². The Labute approximate surface area is 195 Å². The van der Waals surface area contributed by atoms with Crippen LogP contribution in [0.4, 0.5) is 0 Å². The molecule has 2 amide bonds. The molecule has 0 saturated carbocycles. The summed E-state index contributed by atoms with van der Waals surface area (Å²) in [6.07, 6.45) is 7.58. The lowest BCUT2D eigenvalue weighted by Crippen LogP contribution is -2.48. The van der Waals surface area contributed by atoms with E-state index in [1.54, 1.807) is 13.8 Å². The molecule has 0 aromatic carbocycles. The molecular formula is C24H46N2O5S. The van der Waals surface area contributed by atoms with E-state index in [-0.39, 0.29) is 35.7 Å². The van der Waals surface area contributed by atoms with Crippen LogP contribution in [0.1, 0.15) is 91.9 Å². The first-order chi connectivity index (χ1) is 15.1. The van der Waals surface area contributed by atoms with Crippen LogP contribution < -0.4 is 10.6 Å². The van der Waals surface area contributed by atoms with Crippen LogP contribution in [0.5, 0.6) is 0 Å². The second-order valence-electron chi connectivity index (χ2n) is 9.88. The number of carbonyl (C=O) groups is 2. The van der Waals surface area contributed by atoms with Gasteiger partial charge in [0.05, 0.1) is 23.7 Å². The standard InChI is InChI=1S/C24H46N2O5S/c1-5-6-13-25-23(28)19(3)16-22(27)21-15-18(2)12-10-8-7-9-11-14-32(30,31)17-20(4)24(29)26-21/h18-22,27H,5-17H2,1-4H3,(H,25,28)(H,26,29)/t18-,19?,20?,21?,22?/m1/s1. The molecule has 1 aliphatic rings. The van der Waals surface area contributed by atoms with Gasteiger partial charge in [0.1, 0.15) is 0 Å². The molecule has 0 aliphatic carbocycles. The SMILES string of the molecule is CCCCNC(=O)C(C)CC(O)C1C[C@H](C)CCCCCCCS(=O)(=O)CC(C)C(=O)N1. The van der Waals surface area contributed by atoms with Crippen molar-refractivity contribution in [1.82, 2.24) is 10.6 Å². The number of amides is 2. The van der Waals surface area contributed by atoms with E-state index in [1.165, 1.54) is 0 Å². The molecule has 5 atom stereocenters. The van der Waals surface area contributed by atoms with Gasteiger partial charge >= 0.3 is 0 Å². The fourth-order valence-electron chi connectivity index (χ4n) is 4.27. The number of hydrogen-bond donors (Lipinski definition) is 3. The molecule has 32 heavy (non-hydrogen) atoms. The van der Waals surface area contributed by atoms with Crippen LogP contribution in [0.2, 0.25) is 0 Å². The Hall–Kier alpha value is -1.15. The maximum atomic E-state index is 12.8. The van der Waals surface area contributed by atoms with Gasteiger partial charge in [-0.3, -0.25) is 9.59 Å². The number of carbonyl (C=O) groups excluding carboxylic acids is 2. The van der Waals surface area contributed by atoms with Crippen LogP contribution in [0.3, 0.4) is 0 Å². The zero-order valence-electron chi connectivity index (χ0n) is 20.6. The molecule has 1 aliphatic heterocycles. The highest BCUT2D eigenvalue weighted by Gasteiger charge is 2.30. The fraction of sp³-hybridized carbons (Fsp3) is 0.917. The van der Waals surface area contributed by atoms with Crippen molar-refractivity contribution in [3.8, 4) is 0 Å². The Morgan fingerprint density at radius 2 is 1.84 bits per heavy atom. The van der Waals surface area contributed by atoms with Crippen LogP contribution >= 0.6 is 0 Å². The first-order valence-corrected chi connectivity index (χ1v) is 14.3. The Balaban J connectivity index is 2.86. The monoisotopic (exact) mass is 474 g/mol. The Morgan fingerprint density at radius 1 is 1.19 bits per heavy atom. The van der Waals surface area contributed by atoms with Crippen molar-refractivity contribution in [2.45, 2.75) is 104 Å². The van der Waals surface area contributed by atoms with Gasteiger partial charge in [0.25, 0.3) is 0 Å². The van der Waals surface area contributed by atoms with Crippen molar-refractivity contribution in [3.05, 3.63) is 0 Å². The molecule has 1 fully saturated rings. The molecular weight excluding hydrogens is 428 g/mol. The molecule has 7 nitrogen and oxygen atoms in total. The third-order valence-corrected chi connectivity index (χ3v) is 8.34. The van der Waals surface area contributed by atoms with Crippen LogP contribution in [-0.4, -0.2) is 55.5 Å². The van der Waals surface area contributed by atoms with E-state index >= 15 is 0 Å². The number of aliphatic hydroxyl groups excluding tert-OH is 1. The van der Waals surface area contributed by atoms with Gasteiger partial charge in [0, 0.05) is 18.4 Å². The number of rotatable bonds is 7. The van der Waals surface area contributed by atoms with E-state index in [0.717, 1.165) is 44.9 Å². The van der Waals surface area contributed by atoms with Crippen molar-refractivity contribution < 1.29 is 23.1 Å². The van der Waals surface area contributed by atoms with Gasteiger partial charge in [0.15, 0.2) is 9.84 Å². The largest absolute Gasteiger partial charge is 0.391 e. The minimum Gasteiger partial charge on any atom is -0.391 e. The number of hydrogen-bond acceptors (Lipinski definition) is 5. The molecule has 188 valence electrons. The van der Waals surface area contributed by atoms with Crippen molar-refractivity contribution in [2.75, 3.05) is 18.1 Å². The highest BCUT2D eigenvalue weighted by Crippen LogP contribution is 2.21. The van der Waals surface area contributed by atoms with Gasteiger partial charge in [-0.1, -0.05) is 66.2 Å². The highest BCUT2D eigenvalue weighted by atomic mass is 32.2. The Morgan fingerprint density at radius 3 is 2.53 bits per heavy atom. The molecule has 3 N–H and O–H groups in total.